The molecule has 2 heterocycles. The van der Waals surface area contributed by atoms with E-state index in [1.54, 1.807) is 28.8 Å². The quantitative estimate of drug-likeness (QED) is 0.391. The van der Waals surface area contributed by atoms with E-state index in [0.29, 0.717) is 26.2 Å². The zero-order chi connectivity index (χ0) is 30.7. The predicted octanol–water partition coefficient (Wildman–Crippen LogP) is 3.72. The van der Waals surface area contributed by atoms with Gasteiger partial charge in [-0.05, 0) is 44.4 Å². The van der Waals surface area contributed by atoms with E-state index in [9.17, 15) is 31.9 Å². The molecular formula is C27H27ClF4N6O4. The van der Waals surface area contributed by atoms with Crippen molar-refractivity contribution >= 4 is 35.0 Å². The molecular weight excluding hydrogens is 584 g/mol. The van der Waals surface area contributed by atoms with E-state index in [2.05, 4.69) is 15.0 Å². The number of carbonyl (C=O) groups is 3. The highest BCUT2D eigenvalue weighted by Crippen LogP contribution is 2.31. The molecule has 0 aliphatic carbocycles. The van der Waals surface area contributed by atoms with Crippen LogP contribution in [0.5, 0.6) is 5.75 Å². The molecule has 0 unspecified atom stereocenters. The predicted molar refractivity (Wildman–Crippen MR) is 146 cm³/mol. The van der Waals surface area contributed by atoms with Crippen molar-refractivity contribution in [3.05, 3.63) is 64.6 Å². The number of amides is 3. The normalized spacial score (nSPS) is 13.6. The third-order valence-electron chi connectivity index (χ3n) is 6.56. The Morgan fingerprint density at radius 1 is 1.05 bits per heavy atom. The Labute approximate surface area is 243 Å². The lowest BCUT2D eigenvalue weighted by Gasteiger charge is -2.35. The summed E-state index contributed by atoms with van der Waals surface area (Å²) < 4.78 is 58.8. The van der Waals surface area contributed by atoms with E-state index in [4.69, 9.17) is 11.6 Å². The molecule has 0 radical (unpaired) electrons. The van der Waals surface area contributed by atoms with Crippen LogP contribution in [-0.4, -0.2) is 95.4 Å². The number of piperazine rings is 1. The largest absolute Gasteiger partial charge is 0.432 e. The SMILES string of the molecule is CN(C)CC(=O)N1CCN(C(=O)c2ccc(NC(=O)c3ncc(-c4ccc(OC(F)F)c(F)c4F)n3C)cc2Cl)CC1. The second kappa shape index (κ2) is 12.8. The number of hydrogen-bond donors (Lipinski definition) is 1. The Morgan fingerprint density at radius 3 is 2.33 bits per heavy atom. The molecule has 1 saturated heterocycles. The Morgan fingerprint density at radius 2 is 1.71 bits per heavy atom. The van der Waals surface area contributed by atoms with Gasteiger partial charge in [-0.1, -0.05) is 11.6 Å². The molecule has 3 aromatic rings. The number of rotatable bonds is 8. The van der Waals surface area contributed by atoms with Gasteiger partial charge < -0.3 is 29.3 Å². The van der Waals surface area contributed by atoms with E-state index >= 15 is 0 Å². The zero-order valence-corrected chi connectivity index (χ0v) is 23.6. The molecule has 0 atom stereocenters. The number of hydrogen-bond acceptors (Lipinski definition) is 6. The van der Waals surface area contributed by atoms with Crippen molar-refractivity contribution in [2.45, 2.75) is 6.61 Å². The molecule has 1 fully saturated rings. The number of halogens is 5. The van der Waals surface area contributed by atoms with Crippen LogP contribution in [0.2, 0.25) is 5.02 Å². The maximum absolute atomic E-state index is 14.6. The number of alkyl halides is 2. The maximum Gasteiger partial charge on any atom is 0.387 e. The van der Waals surface area contributed by atoms with Crippen LogP contribution in [0.15, 0.2) is 36.5 Å². The number of nitrogens with zero attached hydrogens (tertiary/aromatic N) is 5. The highest BCUT2D eigenvalue weighted by atomic mass is 35.5. The van der Waals surface area contributed by atoms with Crippen molar-refractivity contribution in [2.75, 3.05) is 52.1 Å². The Bertz CT molecular complexity index is 1510. The smallest absolute Gasteiger partial charge is 0.387 e. The van der Waals surface area contributed by atoms with E-state index in [0.717, 1.165) is 18.3 Å². The summed E-state index contributed by atoms with van der Waals surface area (Å²) in [6, 6.07) is 6.22. The monoisotopic (exact) mass is 610 g/mol. The van der Waals surface area contributed by atoms with Crippen LogP contribution in [0.4, 0.5) is 23.2 Å². The van der Waals surface area contributed by atoms with Crippen molar-refractivity contribution in [3.8, 4) is 17.0 Å². The van der Waals surface area contributed by atoms with Gasteiger partial charge in [0.1, 0.15) is 0 Å². The van der Waals surface area contributed by atoms with E-state index < -0.39 is 29.9 Å². The molecule has 1 aliphatic heterocycles. The van der Waals surface area contributed by atoms with Gasteiger partial charge in [-0.25, -0.2) is 9.37 Å². The van der Waals surface area contributed by atoms with E-state index in [1.807, 2.05) is 0 Å². The van der Waals surface area contributed by atoms with Gasteiger partial charge in [0.25, 0.3) is 11.8 Å². The summed E-state index contributed by atoms with van der Waals surface area (Å²) in [5.74, 6) is -5.22. The second-order valence-electron chi connectivity index (χ2n) is 9.70. The standard InChI is InChI=1S/C27H27ClF4N6O4/c1-35(2)14-21(39)37-8-10-38(11-9-37)26(41)16-5-4-15(12-18(16)28)34-25(40)24-33-13-19(36(24)3)17-6-7-20(42-27(31)32)23(30)22(17)29/h4-7,12-13,27H,8-11,14H2,1-3H3,(H,34,40). The molecule has 42 heavy (non-hydrogen) atoms. The molecule has 1 N–H and O–H groups in total. The first-order valence-electron chi connectivity index (χ1n) is 12.6. The lowest BCUT2D eigenvalue weighted by Crippen LogP contribution is -2.52. The van der Waals surface area contributed by atoms with E-state index in [1.165, 1.54) is 29.8 Å². The number of carbonyl (C=O) groups excluding carboxylic acids is 3. The van der Waals surface area contributed by atoms with Gasteiger partial charge in [0.05, 0.1) is 29.0 Å². The number of nitrogens with one attached hydrogen (secondary N) is 1. The zero-order valence-electron chi connectivity index (χ0n) is 22.8. The summed E-state index contributed by atoms with van der Waals surface area (Å²) in [6.45, 7) is -1.55. The summed E-state index contributed by atoms with van der Waals surface area (Å²) in [5, 5.41) is 2.68. The van der Waals surface area contributed by atoms with Crippen molar-refractivity contribution in [3.63, 3.8) is 0 Å². The van der Waals surface area contributed by atoms with Gasteiger partial charge in [0.2, 0.25) is 11.7 Å². The van der Waals surface area contributed by atoms with E-state index in [-0.39, 0.29) is 51.7 Å². The van der Waals surface area contributed by atoms with Crippen LogP contribution >= 0.6 is 11.6 Å². The molecule has 0 saturated carbocycles. The third-order valence-corrected chi connectivity index (χ3v) is 6.87. The molecule has 0 spiro atoms. The average Bonchev–Trinajstić information content (AvgIpc) is 3.31. The minimum Gasteiger partial charge on any atom is -0.432 e. The lowest BCUT2D eigenvalue weighted by molar-refractivity contribution is -0.133. The minimum atomic E-state index is -3.34. The molecule has 224 valence electrons. The Hall–Kier alpha value is -4.17. The molecule has 1 aromatic heterocycles. The molecule has 1 aliphatic rings. The maximum atomic E-state index is 14.6. The summed E-state index contributed by atoms with van der Waals surface area (Å²) in [5.41, 5.74) is 0.148. The highest BCUT2D eigenvalue weighted by molar-refractivity contribution is 6.34. The fourth-order valence-electron chi connectivity index (χ4n) is 4.44. The number of aromatic nitrogens is 2. The van der Waals surface area contributed by atoms with Gasteiger partial charge in [-0.2, -0.15) is 13.2 Å². The molecule has 0 bridgehead atoms. The summed E-state index contributed by atoms with van der Waals surface area (Å²) >= 11 is 6.38. The average molecular weight is 611 g/mol. The van der Waals surface area contributed by atoms with Crippen molar-refractivity contribution < 1.29 is 36.7 Å². The fourth-order valence-corrected chi connectivity index (χ4v) is 4.70. The van der Waals surface area contributed by atoms with Crippen LogP contribution in [0, 0.1) is 11.6 Å². The molecule has 15 heteroatoms. The molecule has 4 rings (SSSR count). The van der Waals surface area contributed by atoms with Crippen LogP contribution in [0.3, 0.4) is 0 Å². The Balaban J connectivity index is 1.43. The lowest BCUT2D eigenvalue weighted by atomic mass is 10.1. The van der Waals surface area contributed by atoms with Gasteiger partial charge in [-0.15, -0.1) is 0 Å². The fraction of sp³-hybridized carbons (Fsp3) is 0.333. The van der Waals surface area contributed by atoms with Gasteiger partial charge >= 0.3 is 6.61 Å². The second-order valence-corrected chi connectivity index (χ2v) is 10.1. The van der Waals surface area contributed by atoms with Crippen molar-refractivity contribution in [2.24, 2.45) is 7.05 Å². The number of benzene rings is 2. The number of imidazole rings is 1. The third kappa shape index (κ3) is 6.65. The summed E-state index contributed by atoms with van der Waals surface area (Å²) in [6.07, 6.45) is 1.13. The van der Waals surface area contributed by atoms with Gasteiger partial charge in [0, 0.05) is 44.5 Å². The summed E-state index contributed by atoms with van der Waals surface area (Å²) in [7, 11) is 5.00. The number of anilines is 1. The first kappa shape index (κ1) is 30.8. The van der Waals surface area contributed by atoms with Gasteiger partial charge in [-0.3, -0.25) is 14.4 Å². The number of likely N-dealkylation sites (N-methyl/N-ethyl adjacent to an activating group) is 1. The molecule has 10 nitrogen and oxygen atoms in total. The topological polar surface area (TPSA) is 100 Å². The molecule has 2 aromatic carbocycles. The van der Waals surface area contributed by atoms with Crippen LogP contribution in [0.25, 0.3) is 11.3 Å². The van der Waals surface area contributed by atoms with Crippen LogP contribution in [0.1, 0.15) is 21.0 Å². The first-order valence-corrected chi connectivity index (χ1v) is 13.0. The first-order chi connectivity index (χ1) is 19.9. The highest BCUT2D eigenvalue weighted by Gasteiger charge is 2.27. The minimum absolute atomic E-state index is 0.00244. The Kier molecular flexibility index (Phi) is 9.36. The summed E-state index contributed by atoms with van der Waals surface area (Å²) in [4.78, 5) is 47.3. The van der Waals surface area contributed by atoms with Crippen LogP contribution in [-0.2, 0) is 11.8 Å². The molecule has 3 amide bonds. The van der Waals surface area contributed by atoms with Crippen molar-refractivity contribution in [1.82, 2.24) is 24.3 Å². The van der Waals surface area contributed by atoms with Gasteiger partial charge in [0.15, 0.2) is 17.4 Å². The van der Waals surface area contributed by atoms with Crippen molar-refractivity contribution in [1.29, 1.82) is 0 Å². The van der Waals surface area contributed by atoms with Crippen LogP contribution < -0.4 is 10.1 Å². The number of ether oxygens (including phenoxy) is 1.